The maximum Gasteiger partial charge on any atom is 0.410 e. The van der Waals surface area contributed by atoms with Crippen molar-refractivity contribution in [1.82, 2.24) is 4.90 Å². The highest BCUT2D eigenvalue weighted by Gasteiger charge is 2.44. The Morgan fingerprint density at radius 1 is 1.14 bits per heavy atom. The lowest BCUT2D eigenvalue weighted by molar-refractivity contribution is -0.137. The van der Waals surface area contributed by atoms with E-state index in [2.05, 4.69) is 33.9 Å². The van der Waals surface area contributed by atoms with Gasteiger partial charge in [-0.3, -0.25) is 0 Å². The van der Waals surface area contributed by atoms with E-state index in [1.807, 2.05) is 20.8 Å². The first-order valence-electron chi connectivity index (χ1n) is 10.2. The zero-order valence-corrected chi connectivity index (χ0v) is 20.1. The van der Waals surface area contributed by atoms with Crippen LogP contribution in [-0.4, -0.2) is 56.2 Å². The van der Waals surface area contributed by atoms with Crippen LogP contribution in [0.3, 0.4) is 0 Å². The minimum absolute atomic E-state index is 0.0191. The van der Waals surface area contributed by atoms with E-state index in [1.165, 1.54) is 6.08 Å². The molecule has 0 aliphatic carbocycles. The van der Waals surface area contributed by atoms with Crippen molar-refractivity contribution in [2.75, 3.05) is 13.2 Å². The van der Waals surface area contributed by atoms with Crippen LogP contribution < -0.4 is 0 Å². The Labute approximate surface area is 171 Å². The van der Waals surface area contributed by atoms with Crippen molar-refractivity contribution >= 4 is 20.4 Å². The lowest BCUT2D eigenvalue weighted by atomic mass is 10.1. The summed E-state index contributed by atoms with van der Waals surface area (Å²) < 4.78 is 17.1. The van der Waals surface area contributed by atoms with Crippen LogP contribution in [0.5, 0.6) is 0 Å². The van der Waals surface area contributed by atoms with Crippen LogP contribution in [0.2, 0.25) is 18.1 Å². The van der Waals surface area contributed by atoms with Crippen LogP contribution in [0, 0.1) is 0 Å². The van der Waals surface area contributed by atoms with E-state index in [9.17, 15) is 9.59 Å². The highest BCUT2D eigenvalue weighted by molar-refractivity contribution is 6.74. The van der Waals surface area contributed by atoms with Crippen molar-refractivity contribution in [3.05, 3.63) is 12.2 Å². The Balaban J connectivity index is 2.89. The molecular formula is C21H39NO5Si. The third kappa shape index (κ3) is 7.58. The molecule has 0 aromatic carbocycles. The molecule has 0 bridgehead atoms. The molecule has 28 heavy (non-hydrogen) atoms. The number of carbonyl (C=O) groups is 2. The van der Waals surface area contributed by atoms with Gasteiger partial charge in [0.1, 0.15) is 5.60 Å². The molecule has 1 saturated heterocycles. The van der Waals surface area contributed by atoms with Gasteiger partial charge in [0.05, 0.1) is 12.7 Å². The van der Waals surface area contributed by atoms with E-state index in [-0.39, 0.29) is 29.2 Å². The number of carbonyl (C=O) groups excluding carboxylic acids is 2. The molecule has 1 rings (SSSR count). The largest absolute Gasteiger partial charge is 0.463 e. The van der Waals surface area contributed by atoms with Crippen LogP contribution in [-0.2, 0) is 18.7 Å². The van der Waals surface area contributed by atoms with Crippen LogP contribution in [0.25, 0.3) is 0 Å². The monoisotopic (exact) mass is 413 g/mol. The van der Waals surface area contributed by atoms with Gasteiger partial charge in [-0.25, -0.2) is 9.59 Å². The van der Waals surface area contributed by atoms with Crippen LogP contribution in [0.4, 0.5) is 4.79 Å². The highest BCUT2D eigenvalue weighted by atomic mass is 28.4. The molecular weight excluding hydrogens is 374 g/mol. The molecule has 0 N–H and O–H groups in total. The highest BCUT2D eigenvalue weighted by Crippen LogP contribution is 2.39. The SMILES string of the molecule is CCOC(=O)/C=C/C[C@@H]1C[C@@H](O[Si](C)(C)C(C)(C)C)CN1C(=O)OC(C)(C)C. The molecule has 1 aliphatic heterocycles. The van der Waals surface area contributed by atoms with Crippen molar-refractivity contribution in [1.29, 1.82) is 0 Å². The van der Waals surface area contributed by atoms with E-state index in [4.69, 9.17) is 13.9 Å². The molecule has 6 nitrogen and oxygen atoms in total. The molecule has 0 spiro atoms. The van der Waals surface area contributed by atoms with Gasteiger partial charge in [-0.05, 0) is 58.7 Å². The third-order valence-corrected chi connectivity index (χ3v) is 9.76. The summed E-state index contributed by atoms with van der Waals surface area (Å²) in [7, 11) is -1.94. The van der Waals surface area contributed by atoms with Crippen molar-refractivity contribution in [2.45, 2.75) is 97.2 Å². The third-order valence-electron chi connectivity index (χ3n) is 5.22. The second-order valence-corrected chi connectivity index (χ2v) is 14.7. The quantitative estimate of drug-likeness (QED) is 0.352. The summed E-state index contributed by atoms with van der Waals surface area (Å²) in [5, 5.41) is 0.103. The topological polar surface area (TPSA) is 65.1 Å². The second kappa shape index (κ2) is 9.44. The van der Waals surface area contributed by atoms with Crippen LogP contribution in [0.15, 0.2) is 12.2 Å². The van der Waals surface area contributed by atoms with Crippen LogP contribution >= 0.6 is 0 Å². The Morgan fingerprint density at radius 2 is 1.75 bits per heavy atom. The van der Waals surface area contributed by atoms with Crippen molar-refractivity contribution in [3.8, 4) is 0 Å². The van der Waals surface area contributed by atoms with E-state index >= 15 is 0 Å². The lowest BCUT2D eigenvalue weighted by Crippen LogP contribution is -2.45. The van der Waals surface area contributed by atoms with Crippen molar-refractivity contribution in [3.63, 3.8) is 0 Å². The summed E-state index contributed by atoms with van der Waals surface area (Å²) in [4.78, 5) is 26.0. The number of esters is 1. The van der Waals surface area contributed by atoms with Gasteiger partial charge in [0.25, 0.3) is 0 Å². The smallest absolute Gasteiger partial charge is 0.410 e. The summed E-state index contributed by atoms with van der Waals surface area (Å²) in [6.07, 6.45) is 4.15. The van der Waals surface area contributed by atoms with Gasteiger partial charge in [-0.15, -0.1) is 0 Å². The number of ether oxygens (including phenoxy) is 2. The number of amides is 1. The van der Waals surface area contributed by atoms with E-state index < -0.39 is 13.9 Å². The van der Waals surface area contributed by atoms with Gasteiger partial charge < -0.3 is 18.8 Å². The lowest BCUT2D eigenvalue weighted by Gasteiger charge is -2.38. The predicted octanol–water partition coefficient (Wildman–Crippen LogP) is 4.90. The molecule has 7 heteroatoms. The fourth-order valence-corrected chi connectivity index (χ4v) is 4.19. The van der Waals surface area contributed by atoms with Gasteiger partial charge in [-0.1, -0.05) is 26.8 Å². The van der Waals surface area contributed by atoms with E-state index in [0.717, 1.165) is 6.42 Å². The minimum Gasteiger partial charge on any atom is -0.463 e. The van der Waals surface area contributed by atoms with E-state index in [0.29, 0.717) is 19.6 Å². The van der Waals surface area contributed by atoms with Gasteiger partial charge in [-0.2, -0.15) is 0 Å². The molecule has 162 valence electrons. The summed E-state index contributed by atoms with van der Waals surface area (Å²) >= 11 is 0. The molecule has 1 fully saturated rings. The Bertz CT molecular complexity index is 574. The first kappa shape index (κ1) is 24.7. The van der Waals surface area contributed by atoms with Crippen LogP contribution in [0.1, 0.15) is 61.3 Å². The first-order valence-corrected chi connectivity index (χ1v) is 13.1. The Hall–Kier alpha value is -1.34. The first-order chi connectivity index (χ1) is 12.7. The minimum atomic E-state index is -1.94. The van der Waals surface area contributed by atoms with Gasteiger partial charge in [0, 0.05) is 18.7 Å². The predicted molar refractivity (Wildman–Crippen MR) is 114 cm³/mol. The summed E-state index contributed by atoms with van der Waals surface area (Å²) in [5.41, 5.74) is -0.555. The van der Waals surface area contributed by atoms with Gasteiger partial charge in [0.2, 0.25) is 0 Å². The molecule has 0 aromatic rings. The summed E-state index contributed by atoms with van der Waals surface area (Å²) in [6.45, 7) is 19.3. The Morgan fingerprint density at radius 3 is 2.25 bits per heavy atom. The molecule has 2 atom stereocenters. The normalized spacial score (nSPS) is 21.2. The fourth-order valence-electron chi connectivity index (χ4n) is 2.83. The molecule has 0 aromatic heterocycles. The maximum absolute atomic E-state index is 12.7. The van der Waals surface area contributed by atoms with Crippen molar-refractivity contribution in [2.24, 2.45) is 0 Å². The zero-order chi connectivity index (χ0) is 21.8. The fraction of sp³-hybridized carbons (Fsp3) is 0.810. The summed E-state index contributed by atoms with van der Waals surface area (Å²) in [6, 6.07) is -0.0599. The number of rotatable bonds is 6. The van der Waals surface area contributed by atoms with Gasteiger partial charge >= 0.3 is 12.1 Å². The molecule has 0 saturated carbocycles. The number of hydrogen-bond donors (Lipinski definition) is 0. The average molecular weight is 414 g/mol. The summed E-state index contributed by atoms with van der Waals surface area (Å²) in [5.74, 6) is -0.363. The maximum atomic E-state index is 12.7. The zero-order valence-electron chi connectivity index (χ0n) is 19.1. The Kier molecular flexibility index (Phi) is 8.32. The van der Waals surface area contributed by atoms with E-state index in [1.54, 1.807) is 17.9 Å². The molecule has 0 radical (unpaired) electrons. The number of nitrogens with zero attached hydrogens (tertiary/aromatic N) is 1. The molecule has 1 heterocycles. The van der Waals surface area contributed by atoms with Gasteiger partial charge in [0.15, 0.2) is 8.32 Å². The average Bonchev–Trinajstić information content (AvgIpc) is 2.86. The molecule has 0 unspecified atom stereocenters. The number of likely N-dealkylation sites (tertiary alicyclic amines) is 1. The molecule has 1 aliphatic rings. The van der Waals surface area contributed by atoms with Crippen molar-refractivity contribution < 1.29 is 23.5 Å². The number of hydrogen-bond acceptors (Lipinski definition) is 5. The second-order valence-electron chi connectivity index (χ2n) is 9.91. The molecule has 1 amide bonds. The standard InChI is InChI=1S/C21H39NO5Si/c1-10-25-18(23)13-11-12-16-14-17(27-28(8,9)21(5,6)7)15-22(16)19(24)26-20(2,3)4/h11,13,16-17H,10,12,14-15H2,1-9H3/b13-11+/t16-,17-/m1/s1.